The molecule has 1 aliphatic carbocycles. The Morgan fingerprint density at radius 1 is 1.64 bits per heavy atom. The summed E-state index contributed by atoms with van der Waals surface area (Å²) in [6.07, 6.45) is 4.14. The van der Waals surface area contributed by atoms with Crippen LogP contribution in [0.3, 0.4) is 0 Å². The minimum absolute atomic E-state index is 0.0838. The molecule has 0 N–H and O–H groups in total. The summed E-state index contributed by atoms with van der Waals surface area (Å²) in [5.74, 6) is 0.890. The Morgan fingerprint density at radius 2 is 2.21 bits per heavy atom. The van der Waals surface area contributed by atoms with Crippen molar-refractivity contribution in [1.29, 1.82) is 0 Å². The van der Waals surface area contributed by atoms with Crippen LogP contribution >= 0.6 is 0 Å². The minimum Gasteiger partial charge on any atom is -0.299 e. The van der Waals surface area contributed by atoms with Crippen LogP contribution in [0.5, 0.6) is 0 Å². The van der Waals surface area contributed by atoms with Crippen molar-refractivity contribution in [2.75, 3.05) is 0 Å². The normalized spacial score (nSPS) is 27.2. The number of hydrogen-bond acceptors (Lipinski definition) is 1. The molecule has 0 saturated heterocycles. The van der Waals surface area contributed by atoms with E-state index in [0.717, 1.165) is 12.8 Å². The maximum absolute atomic E-state index is 12.1. The third-order valence-electron chi connectivity index (χ3n) is 3.99. The zero-order valence-electron chi connectivity index (χ0n) is 10.1. The van der Waals surface area contributed by atoms with E-state index < -0.39 is 0 Å². The lowest BCUT2D eigenvalue weighted by atomic mass is 9.73. The summed E-state index contributed by atoms with van der Waals surface area (Å²) in [6.45, 7) is 10.7. The fraction of sp³-hybridized carbons (Fsp3) is 0.769. The molecule has 14 heavy (non-hydrogen) atoms. The highest BCUT2D eigenvalue weighted by Crippen LogP contribution is 2.44. The van der Waals surface area contributed by atoms with Gasteiger partial charge in [-0.2, -0.15) is 0 Å². The number of allylic oxidation sites excluding steroid dienone is 2. The van der Waals surface area contributed by atoms with E-state index in [-0.39, 0.29) is 17.3 Å². The first-order valence-electron chi connectivity index (χ1n) is 5.62. The molecule has 0 bridgehead atoms. The lowest BCUT2D eigenvalue weighted by Crippen LogP contribution is -2.31. The molecule has 0 aromatic carbocycles. The average molecular weight is 194 g/mol. The quantitative estimate of drug-likeness (QED) is 0.627. The molecule has 2 atom stereocenters. The summed E-state index contributed by atoms with van der Waals surface area (Å²) in [6, 6.07) is 0. The Balaban J connectivity index is 2.78. The van der Waals surface area contributed by atoms with Crippen molar-refractivity contribution in [3.63, 3.8) is 0 Å². The van der Waals surface area contributed by atoms with Crippen LogP contribution in [0.25, 0.3) is 0 Å². The first kappa shape index (κ1) is 11.5. The molecule has 0 amide bonds. The molecule has 1 rings (SSSR count). The van der Waals surface area contributed by atoms with Gasteiger partial charge in [0, 0.05) is 11.8 Å². The van der Waals surface area contributed by atoms with Crippen LogP contribution in [0.2, 0.25) is 0 Å². The fourth-order valence-corrected chi connectivity index (χ4v) is 2.14. The smallest absolute Gasteiger partial charge is 0.139 e. The molecule has 0 aromatic rings. The Labute approximate surface area is 87.6 Å². The van der Waals surface area contributed by atoms with Gasteiger partial charge in [0.05, 0.1) is 0 Å². The molecule has 0 aromatic heterocycles. The molecule has 0 saturated carbocycles. The van der Waals surface area contributed by atoms with Crippen molar-refractivity contribution in [1.82, 2.24) is 0 Å². The van der Waals surface area contributed by atoms with Gasteiger partial charge >= 0.3 is 0 Å². The molecule has 0 fully saturated rings. The lowest BCUT2D eigenvalue weighted by molar-refractivity contribution is -0.128. The van der Waals surface area contributed by atoms with Crippen LogP contribution in [0, 0.1) is 17.3 Å². The van der Waals surface area contributed by atoms with Gasteiger partial charge in [-0.3, -0.25) is 4.79 Å². The highest BCUT2D eigenvalue weighted by molar-refractivity contribution is 5.85. The second-order valence-corrected chi connectivity index (χ2v) is 5.11. The van der Waals surface area contributed by atoms with Crippen LogP contribution in [-0.2, 0) is 4.79 Å². The van der Waals surface area contributed by atoms with E-state index >= 15 is 0 Å². The maximum atomic E-state index is 12.1. The van der Waals surface area contributed by atoms with Gasteiger partial charge in [0.2, 0.25) is 0 Å². The molecule has 1 nitrogen and oxygen atoms in total. The van der Waals surface area contributed by atoms with Gasteiger partial charge in [-0.15, -0.1) is 0 Å². The predicted octanol–water partition coefficient (Wildman–Crippen LogP) is 3.59. The summed E-state index contributed by atoms with van der Waals surface area (Å²) in [7, 11) is 0. The summed E-state index contributed by atoms with van der Waals surface area (Å²) < 4.78 is 0. The van der Waals surface area contributed by atoms with Gasteiger partial charge < -0.3 is 0 Å². The van der Waals surface area contributed by atoms with Crippen LogP contribution in [-0.4, -0.2) is 5.78 Å². The molecule has 2 unspecified atom stereocenters. The summed E-state index contributed by atoms with van der Waals surface area (Å²) >= 11 is 0. The third-order valence-corrected chi connectivity index (χ3v) is 3.99. The Kier molecular flexibility index (Phi) is 3.18. The first-order chi connectivity index (χ1) is 6.41. The zero-order valence-corrected chi connectivity index (χ0v) is 10.1. The number of carbonyl (C=O) groups is 1. The number of Topliss-reactive ketones (excluding diaryl/α,β-unsaturated/α-hetero) is 1. The second kappa shape index (κ2) is 3.88. The molecule has 0 heterocycles. The van der Waals surface area contributed by atoms with Crippen LogP contribution in [0.15, 0.2) is 11.6 Å². The highest BCUT2D eigenvalue weighted by Gasteiger charge is 2.40. The van der Waals surface area contributed by atoms with E-state index in [1.165, 1.54) is 5.57 Å². The zero-order chi connectivity index (χ0) is 10.9. The van der Waals surface area contributed by atoms with Gasteiger partial charge in [-0.1, -0.05) is 39.3 Å². The fourth-order valence-electron chi connectivity index (χ4n) is 2.14. The SMILES string of the molecule is CCC(C)C(=O)C1CC=C(C)C1(C)C. The van der Waals surface area contributed by atoms with E-state index in [0.29, 0.717) is 5.78 Å². The van der Waals surface area contributed by atoms with E-state index in [1.807, 2.05) is 6.92 Å². The number of carbonyl (C=O) groups excluding carboxylic acids is 1. The molecular formula is C13H22O. The molecule has 1 heteroatoms. The monoisotopic (exact) mass is 194 g/mol. The second-order valence-electron chi connectivity index (χ2n) is 5.11. The van der Waals surface area contributed by atoms with Gasteiger partial charge in [0.15, 0.2) is 0 Å². The van der Waals surface area contributed by atoms with Crippen LogP contribution in [0.4, 0.5) is 0 Å². The molecular weight excluding hydrogens is 172 g/mol. The molecule has 0 spiro atoms. The summed E-state index contributed by atoms with van der Waals surface area (Å²) in [5.41, 5.74) is 1.46. The molecule has 1 aliphatic rings. The van der Waals surface area contributed by atoms with E-state index in [1.54, 1.807) is 0 Å². The number of ketones is 1. The topological polar surface area (TPSA) is 17.1 Å². The van der Waals surface area contributed by atoms with Crippen molar-refractivity contribution in [2.45, 2.75) is 47.5 Å². The average Bonchev–Trinajstić information content (AvgIpc) is 2.40. The van der Waals surface area contributed by atoms with Crippen LogP contribution in [0.1, 0.15) is 47.5 Å². The van der Waals surface area contributed by atoms with Crippen LogP contribution < -0.4 is 0 Å². The number of rotatable bonds is 3. The van der Waals surface area contributed by atoms with Crippen molar-refractivity contribution < 1.29 is 4.79 Å². The molecule has 80 valence electrons. The van der Waals surface area contributed by atoms with Gasteiger partial charge in [-0.25, -0.2) is 0 Å². The van der Waals surface area contributed by atoms with Gasteiger partial charge in [-0.05, 0) is 25.2 Å². The van der Waals surface area contributed by atoms with E-state index in [9.17, 15) is 4.79 Å². The summed E-state index contributed by atoms with van der Waals surface area (Å²) in [5, 5.41) is 0. The molecule has 0 radical (unpaired) electrons. The first-order valence-corrected chi connectivity index (χ1v) is 5.62. The third kappa shape index (κ3) is 1.77. The molecule has 0 aliphatic heterocycles. The van der Waals surface area contributed by atoms with Crippen molar-refractivity contribution in [3.8, 4) is 0 Å². The van der Waals surface area contributed by atoms with E-state index in [2.05, 4.69) is 33.8 Å². The van der Waals surface area contributed by atoms with Gasteiger partial charge in [0.1, 0.15) is 5.78 Å². The standard InChI is InChI=1S/C13H22O/c1-6-9(2)12(14)11-8-7-10(3)13(11,4)5/h7,9,11H,6,8H2,1-5H3. The van der Waals surface area contributed by atoms with Gasteiger partial charge in [0.25, 0.3) is 0 Å². The summed E-state index contributed by atoms with van der Waals surface area (Å²) in [4.78, 5) is 12.1. The van der Waals surface area contributed by atoms with E-state index in [4.69, 9.17) is 0 Å². The minimum atomic E-state index is 0.0838. The van der Waals surface area contributed by atoms with Crippen molar-refractivity contribution in [2.24, 2.45) is 17.3 Å². The Hall–Kier alpha value is -0.590. The predicted molar refractivity (Wildman–Crippen MR) is 60.1 cm³/mol. The highest BCUT2D eigenvalue weighted by atomic mass is 16.1. The van der Waals surface area contributed by atoms with Crippen molar-refractivity contribution >= 4 is 5.78 Å². The Bertz CT molecular complexity index is 260. The lowest BCUT2D eigenvalue weighted by Gasteiger charge is -2.30. The van der Waals surface area contributed by atoms with Crippen molar-refractivity contribution in [3.05, 3.63) is 11.6 Å². The largest absolute Gasteiger partial charge is 0.299 e. The Morgan fingerprint density at radius 3 is 2.57 bits per heavy atom. The maximum Gasteiger partial charge on any atom is 0.139 e. The number of hydrogen-bond donors (Lipinski definition) is 0.